The molecule has 0 bridgehead atoms. The fourth-order valence-corrected chi connectivity index (χ4v) is 4.21. The second-order valence-corrected chi connectivity index (χ2v) is 8.49. The van der Waals surface area contributed by atoms with E-state index < -0.39 is 10.3 Å². The van der Waals surface area contributed by atoms with E-state index in [2.05, 4.69) is 11.8 Å². The Hall–Kier alpha value is -2.69. The molecule has 0 aromatic heterocycles. The molecule has 0 aliphatic carbocycles. The monoisotopic (exact) mass is 452 g/mol. The van der Waals surface area contributed by atoms with Gasteiger partial charge in [-0.05, 0) is 54.3 Å². The van der Waals surface area contributed by atoms with Crippen molar-refractivity contribution in [2.24, 2.45) is 5.14 Å². The van der Waals surface area contributed by atoms with Gasteiger partial charge < -0.3 is 23.1 Å². The van der Waals surface area contributed by atoms with Crippen LogP contribution in [0, 0.1) is 0 Å². The van der Waals surface area contributed by atoms with Gasteiger partial charge >= 0.3 is 10.3 Å². The maximum Gasteiger partial charge on any atom is 0.380 e. The zero-order valence-electron chi connectivity index (χ0n) is 18.3. The number of hydrogen-bond donors (Lipinski definition) is 1. The predicted molar refractivity (Wildman–Crippen MR) is 115 cm³/mol. The topological polar surface area (TPSA) is 110 Å². The van der Waals surface area contributed by atoms with Crippen molar-refractivity contribution in [1.82, 2.24) is 4.90 Å². The molecular weight excluding hydrogens is 424 g/mol. The number of benzene rings is 2. The van der Waals surface area contributed by atoms with E-state index in [1.165, 1.54) is 7.11 Å². The largest absolute Gasteiger partial charge is 0.493 e. The summed E-state index contributed by atoms with van der Waals surface area (Å²) < 4.78 is 49.3. The first-order valence-electron chi connectivity index (χ1n) is 9.64. The number of ether oxygens (including phenoxy) is 4. The van der Waals surface area contributed by atoms with Crippen LogP contribution in [0.2, 0.25) is 0 Å². The van der Waals surface area contributed by atoms with Gasteiger partial charge in [-0.25, -0.2) is 0 Å². The Kier molecular flexibility index (Phi) is 6.83. The van der Waals surface area contributed by atoms with Gasteiger partial charge in [-0.15, -0.1) is 0 Å². The van der Waals surface area contributed by atoms with E-state index in [0.717, 1.165) is 16.7 Å². The molecule has 1 aliphatic rings. The van der Waals surface area contributed by atoms with Crippen LogP contribution in [0.25, 0.3) is 0 Å². The molecule has 0 radical (unpaired) electrons. The smallest absolute Gasteiger partial charge is 0.380 e. The van der Waals surface area contributed by atoms with Crippen molar-refractivity contribution in [2.75, 3.05) is 28.4 Å². The lowest BCUT2D eigenvalue weighted by molar-refractivity contribution is 0.174. The van der Waals surface area contributed by atoms with Gasteiger partial charge in [0, 0.05) is 19.1 Å². The van der Waals surface area contributed by atoms with Gasteiger partial charge in [0.15, 0.2) is 23.0 Å². The van der Waals surface area contributed by atoms with Crippen LogP contribution in [0.3, 0.4) is 0 Å². The third-order valence-electron chi connectivity index (χ3n) is 5.31. The van der Waals surface area contributed by atoms with E-state index in [4.69, 9.17) is 28.3 Å². The summed E-state index contributed by atoms with van der Waals surface area (Å²) in [4.78, 5) is 2.31. The standard InChI is InChI=1S/C21H28N2O7S/c1-13-6-15-9-18(30-31(22,24)25)17(26-2)10-16(15)12-23(13)11-14-7-19(27-3)21(29-5)20(8-14)28-4/h7-10,13H,6,11-12H2,1-5H3,(H2,22,24,25). The van der Waals surface area contributed by atoms with E-state index in [9.17, 15) is 8.42 Å². The molecule has 1 unspecified atom stereocenters. The molecule has 31 heavy (non-hydrogen) atoms. The number of methoxy groups -OCH3 is 4. The molecule has 2 aromatic rings. The molecule has 0 fully saturated rings. The molecule has 3 rings (SSSR count). The number of rotatable bonds is 8. The predicted octanol–water partition coefficient (Wildman–Crippen LogP) is 2.25. The van der Waals surface area contributed by atoms with Gasteiger partial charge in [0.2, 0.25) is 5.75 Å². The van der Waals surface area contributed by atoms with E-state index in [-0.39, 0.29) is 11.8 Å². The third-order valence-corrected chi connectivity index (χ3v) is 5.73. The summed E-state index contributed by atoms with van der Waals surface area (Å²) in [6.45, 7) is 3.43. The number of fused-ring (bicyclic) bond motifs is 1. The molecule has 9 nitrogen and oxygen atoms in total. The van der Waals surface area contributed by atoms with Crippen molar-refractivity contribution in [1.29, 1.82) is 0 Å². The summed E-state index contributed by atoms with van der Waals surface area (Å²) >= 11 is 0. The minimum absolute atomic E-state index is 0.0917. The van der Waals surface area contributed by atoms with Crippen LogP contribution in [0.4, 0.5) is 0 Å². The third kappa shape index (κ3) is 5.15. The Bertz CT molecular complexity index is 1030. The van der Waals surface area contributed by atoms with Crippen LogP contribution in [-0.2, 0) is 29.8 Å². The molecule has 0 saturated heterocycles. The van der Waals surface area contributed by atoms with Crippen molar-refractivity contribution in [3.05, 3.63) is 41.0 Å². The van der Waals surface area contributed by atoms with E-state index >= 15 is 0 Å². The van der Waals surface area contributed by atoms with Gasteiger partial charge in [0.25, 0.3) is 0 Å². The minimum atomic E-state index is -4.14. The highest BCUT2D eigenvalue weighted by atomic mass is 32.2. The summed E-state index contributed by atoms with van der Waals surface area (Å²) in [5.41, 5.74) is 3.04. The molecule has 0 amide bonds. The average molecular weight is 453 g/mol. The lowest BCUT2D eigenvalue weighted by Crippen LogP contribution is -2.37. The molecule has 170 valence electrons. The molecule has 2 aromatic carbocycles. The minimum Gasteiger partial charge on any atom is -0.493 e. The van der Waals surface area contributed by atoms with Gasteiger partial charge in [-0.2, -0.15) is 13.6 Å². The van der Waals surface area contributed by atoms with Crippen molar-refractivity contribution in [2.45, 2.75) is 32.5 Å². The summed E-state index contributed by atoms with van der Waals surface area (Å²) in [6, 6.07) is 7.55. The lowest BCUT2D eigenvalue weighted by atomic mass is 9.93. The van der Waals surface area contributed by atoms with Crippen molar-refractivity contribution < 1.29 is 31.5 Å². The lowest BCUT2D eigenvalue weighted by Gasteiger charge is -2.35. The van der Waals surface area contributed by atoms with Gasteiger partial charge in [0.05, 0.1) is 28.4 Å². The summed E-state index contributed by atoms with van der Waals surface area (Å²) in [5.74, 6) is 2.17. The van der Waals surface area contributed by atoms with Crippen LogP contribution < -0.4 is 28.3 Å². The van der Waals surface area contributed by atoms with Gasteiger partial charge in [-0.3, -0.25) is 4.90 Å². The molecule has 1 heterocycles. The van der Waals surface area contributed by atoms with Crippen molar-refractivity contribution in [3.8, 4) is 28.7 Å². The first-order chi connectivity index (χ1) is 14.7. The Balaban J connectivity index is 1.89. The van der Waals surface area contributed by atoms with Gasteiger partial charge in [0.1, 0.15) is 0 Å². The molecule has 0 saturated carbocycles. The quantitative estimate of drug-likeness (QED) is 0.650. The number of hydrogen-bond acceptors (Lipinski definition) is 8. The van der Waals surface area contributed by atoms with Crippen LogP contribution in [0.15, 0.2) is 24.3 Å². The molecule has 0 spiro atoms. The number of nitrogens with two attached hydrogens (primary N) is 1. The van der Waals surface area contributed by atoms with Crippen LogP contribution in [-0.4, -0.2) is 47.8 Å². The zero-order chi connectivity index (χ0) is 22.8. The van der Waals surface area contributed by atoms with Crippen LogP contribution in [0.5, 0.6) is 28.7 Å². The number of nitrogens with zero attached hydrogens (tertiary/aromatic N) is 1. The molecule has 1 atom stereocenters. The SMILES string of the molecule is COc1cc2c(cc1OS(N)(=O)=O)CC(C)N(Cc1cc(OC)c(OC)c(OC)c1)C2. The molecule has 1 aliphatic heterocycles. The zero-order valence-corrected chi connectivity index (χ0v) is 19.1. The Labute approximate surface area is 182 Å². The van der Waals surface area contributed by atoms with Crippen LogP contribution >= 0.6 is 0 Å². The second kappa shape index (κ2) is 9.21. The Morgan fingerprint density at radius 2 is 1.48 bits per heavy atom. The fraction of sp³-hybridized carbons (Fsp3) is 0.429. The van der Waals surface area contributed by atoms with Crippen molar-refractivity contribution in [3.63, 3.8) is 0 Å². The van der Waals surface area contributed by atoms with Gasteiger partial charge in [-0.1, -0.05) is 0 Å². The highest BCUT2D eigenvalue weighted by Crippen LogP contribution is 2.40. The molecule has 2 N–H and O–H groups in total. The fourth-order valence-electron chi connectivity index (χ4n) is 3.83. The van der Waals surface area contributed by atoms with E-state index in [0.29, 0.717) is 42.5 Å². The maximum atomic E-state index is 11.4. The van der Waals surface area contributed by atoms with E-state index in [1.807, 2.05) is 12.1 Å². The summed E-state index contributed by atoms with van der Waals surface area (Å²) in [7, 11) is 2.07. The summed E-state index contributed by atoms with van der Waals surface area (Å²) in [5, 5.41) is 5.03. The summed E-state index contributed by atoms with van der Waals surface area (Å²) in [6.07, 6.45) is 0.713. The van der Waals surface area contributed by atoms with Crippen LogP contribution in [0.1, 0.15) is 23.6 Å². The van der Waals surface area contributed by atoms with Crippen molar-refractivity contribution >= 4 is 10.3 Å². The molecule has 10 heteroatoms. The highest BCUT2D eigenvalue weighted by molar-refractivity contribution is 7.84. The first kappa shape index (κ1) is 23.0. The normalized spacial score (nSPS) is 16.4. The Morgan fingerprint density at radius 3 is 2.00 bits per heavy atom. The highest BCUT2D eigenvalue weighted by Gasteiger charge is 2.26. The first-order valence-corrected chi connectivity index (χ1v) is 11.1. The average Bonchev–Trinajstić information content (AvgIpc) is 2.72. The van der Waals surface area contributed by atoms with E-state index in [1.54, 1.807) is 33.5 Å². The maximum absolute atomic E-state index is 11.4. The molecular formula is C21H28N2O7S. The second-order valence-electron chi connectivity index (χ2n) is 7.34. The Morgan fingerprint density at radius 1 is 0.903 bits per heavy atom.